The molecule has 0 spiro atoms. The third kappa shape index (κ3) is 6.24. The zero-order chi connectivity index (χ0) is 12.6. The summed E-state index contributed by atoms with van der Waals surface area (Å²) in [5, 5.41) is 3.09. The predicted octanol–water partition coefficient (Wildman–Crippen LogP) is 2.52. The van der Waals surface area contributed by atoms with E-state index < -0.39 is 0 Å². The molecule has 1 aromatic carbocycles. The largest absolute Gasteiger partial charge is 0.370 e. The number of guanidine groups is 1. The van der Waals surface area contributed by atoms with Gasteiger partial charge >= 0.3 is 0 Å². The average Bonchev–Trinajstić information content (AvgIpc) is 2.41. The van der Waals surface area contributed by atoms with Crippen molar-refractivity contribution >= 4 is 35.6 Å². The lowest BCUT2D eigenvalue weighted by Crippen LogP contribution is -2.32. The second-order valence-corrected chi connectivity index (χ2v) is 4.66. The van der Waals surface area contributed by atoms with Crippen molar-refractivity contribution in [2.45, 2.75) is 19.3 Å². The van der Waals surface area contributed by atoms with Crippen molar-refractivity contribution in [1.82, 2.24) is 4.90 Å². The Balaban J connectivity index is 0.00000180. The van der Waals surface area contributed by atoms with E-state index in [1.165, 1.54) is 32.4 Å². The summed E-state index contributed by atoms with van der Waals surface area (Å²) in [6.07, 6.45) is 4.01. The summed E-state index contributed by atoms with van der Waals surface area (Å²) in [7, 11) is 0. The van der Waals surface area contributed by atoms with Crippen molar-refractivity contribution < 1.29 is 0 Å². The number of nitrogens with two attached hydrogens (primary N) is 1. The first-order chi connectivity index (χ1) is 8.84. The van der Waals surface area contributed by atoms with Crippen molar-refractivity contribution in [2.75, 3.05) is 31.5 Å². The zero-order valence-electron chi connectivity index (χ0n) is 11.2. The highest BCUT2D eigenvalue weighted by Gasteiger charge is 2.08. The van der Waals surface area contributed by atoms with Crippen LogP contribution in [0.4, 0.5) is 5.69 Å². The minimum atomic E-state index is 0. The number of nitrogens with one attached hydrogen (secondary N) is 1. The summed E-state index contributed by atoms with van der Waals surface area (Å²) in [5.41, 5.74) is 6.82. The van der Waals surface area contributed by atoms with E-state index in [9.17, 15) is 0 Å². The Kier molecular flexibility index (Phi) is 7.81. The quantitative estimate of drug-likeness (QED) is 0.484. The van der Waals surface area contributed by atoms with Crippen LogP contribution in [0.3, 0.4) is 0 Å². The van der Waals surface area contributed by atoms with Gasteiger partial charge in [-0.2, -0.15) is 0 Å². The van der Waals surface area contributed by atoms with E-state index in [4.69, 9.17) is 5.73 Å². The van der Waals surface area contributed by atoms with Crippen LogP contribution in [-0.2, 0) is 0 Å². The number of rotatable bonds is 4. The maximum absolute atomic E-state index is 5.84. The van der Waals surface area contributed by atoms with E-state index in [1.54, 1.807) is 0 Å². The van der Waals surface area contributed by atoms with Crippen LogP contribution in [0.5, 0.6) is 0 Å². The molecule has 1 fully saturated rings. The zero-order valence-corrected chi connectivity index (χ0v) is 13.5. The highest BCUT2D eigenvalue weighted by Crippen LogP contribution is 2.07. The standard InChI is InChI=1S/C14H22N4.HI/c15-14(17-13-7-3-1-4-8-13)16-9-12-18-10-5-2-6-11-18;/h1,3-4,7-8H,2,5-6,9-12H2,(H3,15,16,17);1H. The number of aliphatic imine (C=N–C) groups is 1. The third-order valence-corrected chi connectivity index (χ3v) is 3.19. The minimum Gasteiger partial charge on any atom is -0.370 e. The van der Waals surface area contributed by atoms with Gasteiger partial charge in [0.2, 0.25) is 0 Å². The highest BCUT2D eigenvalue weighted by atomic mass is 127. The molecule has 1 aliphatic heterocycles. The van der Waals surface area contributed by atoms with Crippen LogP contribution in [0.2, 0.25) is 0 Å². The second kappa shape index (κ2) is 9.14. The molecule has 0 bridgehead atoms. The smallest absolute Gasteiger partial charge is 0.193 e. The molecule has 19 heavy (non-hydrogen) atoms. The second-order valence-electron chi connectivity index (χ2n) is 4.66. The summed E-state index contributed by atoms with van der Waals surface area (Å²) < 4.78 is 0. The van der Waals surface area contributed by atoms with Crippen LogP contribution >= 0.6 is 24.0 Å². The summed E-state index contributed by atoms with van der Waals surface area (Å²) in [4.78, 5) is 6.82. The Morgan fingerprint density at radius 2 is 1.84 bits per heavy atom. The molecule has 0 radical (unpaired) electrons. The number of nitrogens with zero attached hydrogens (tertiary/aromatic N) is 2. The topological polar surface area (TPSA) is 53.6 Å². The summed E-state index contributed by atoms with van der Waals surface area (Å²) in [6, 6.07) is 9.89. The SMILES string of the molecule is I.NC(=NCCN1CCCCC1)Nc1ccccc1. The Morgan fingerprint density at radius 1 is 1.16 bits per heavy atom. The van der Waals surface area contributed by atoms with Crippen molar-refractivity contribution in [1.29, 1.82) is 0 Å². The molecule has 0 amide bonds. The van der Waals surface area contributed by atoms with E-state index >= 15 is 0 Å². The Bertz CT molecular complexity index is 374. The van der Waals surface area contributed by atoms with Gasteiger partial charge < -0.3 is 16.0 Å². The van der Waals surface area contributed by atoms with Crippen LogP contribution in [0, 0.1) is 0 Å². The van der Waals surface area contributed by atoms with Gasteiger partial charge in [-0.1, -0.05) is 24.6 Å². The van der Waals surface area contributed by atoms with Crippen molar-refractivity contribution in [3.63, 3.8) is 0 Å². The van der Waals surface area contributed by atoms with E-state index in [0.717, 1.165) is 18.8 Å². The van der Waals surface area contributed by atoms with Gasteiger partial charge in [0.1, 0.15) is 0 Å². The molecule has 0 unspecified atom stereocenters. The molecule has 4 nitrogen and oxygen atoms in total. The normalized spacial score (nSPS) is 16.7. The first-order valence-corrected chi connectivity index (χ1v) is 6.69. The maximum atomic E-state index is 5.84. The average molecular weight is 374 g/mol. The van der Waals surface area contributed by atoms with Crippen molar-refractivity contribution in [2.24, 2.45) is 10.7 Å². The Morgan fingerprint density at radius 3 is 2.53 bits per heavy atom. The van der Waals surface area contributed by atoms with Gasteiger partial charge in [-0.15, -0.1) is 24.0 Å². The minimum absolute atomic E-state index is 0. The summed E-state index contributed by atoms with van der Waals surface area (Å²) >= 11 is 0. The van der Waals surface area contributed by atoms with Gasteiger partial charge in [-0.05, 0) is 38.1 Å². The molecule has 1 aliphatic rings. The molecule has 0 atom stereocenters. The van der Waals surface area contributed by atoms with Crippen LogP contribution < -0.4 is 11.1 Å². The number of likely N-dealkylation sites (tertiary alicyclic amines) is 1. The molecule has 0 aliphatic carbocycles. The number of hydrogen-bond acceptors (Lipinski definition) is 2. The monoisotopic (exact) mass is 374 g/mol. The molecule has 106 valence electrons. The number of para-hydroxylation sites is 1. The number of hydrogen-bond donors (Lipinski definition) is 2. The lowest BCUT2D eigenvalue weighted by atomic mass is 10.1. The lowest BCUT2D eigenvalue weighted by Gasteiger charge is -2.25. The molecule has 2 rings (SSSR count). The summed E-state index contributed by atoms with van der Waals surface area (Å²) in [5.74, 6) is 0.498. The molecule has 1 aromatic rings. The van der Waals surface area contributed by atoms with Crippen molar-refractivity contribution in [3.8, 4) is 0 Å². The van der Waals surface area contributed by atoms with Gasteiger partial charge in [0.05, 0.1) is 6.54 Å². The van der Waals surface area contributed by atoms with Gasteiger partial charge in [-0.3, -0.25) is 4.99 Å². The number of piperidine rings is 1. The molecule has 0 aromatic heterocycles. The molecule has 1 saturated heterocycles. The van der Waals surface area contributed by atoms with Crippen LogP contribution in [-0.4, -0.2) is 37.0 Å². The fourth-order valence-electron chi connectivity index (χ4n) is 2.20. The van der Waals surface area contributed by atoms with E-state index in [-0.39, 0.29) is 24.0 Å². The van der Waals surface area contributed by atoms with Gasteiger partial charge in [0, 0.05) is 12.2 Å². The predicted molar refractivity (Wildman–Crippen MR) is 92.3 cm³/mol. The fourth-order valence-corrected chi connectivity index (χ4v) is 2.20. The highest BCUT2D eigenvalue weighted by molar-refractivity contribution is 14.0. The van der Waals surface area contributed by atoms with E-state index in [1.807, 2.05) is 30.3 Å². The van der Waals surface area contributed by atoms with Crippen LogP contribution in [0.15, 0.2) is 35.3 Å². The number of benzene rings is 1. The maximum Gasteiger partial charge on any atom is 0.193 e. The molecule has 0 saturated carbocycles. The molecular weight excluding hydrogens is 351 g/mol. The van der Waals surface area contributed by atoms with E-state index in [2.05, 4.69) is 15.2 Å². The van der Waals surface area contributed by atoms with Gasteiger partial charge in [0.15, 0.2) is 5.96 Å². The Hall–Kier alpha value is -0.820. The van der Waals surface area contributed by atoms with Crippen molar-refractivity contribution in [3.05, 3.63) is 30.3 Å². The van der Waals surface area contributed by atoms with Gasteiger partial charge in [0.25, 0.3) is 0 Å². The first kappa shape index (κ1) is 16.2. The lowest BCUT2D eigenvalue weighted by molar-refractivity contribution is 0.235. The van der Waals surface area contributed by atoms with Gasteiger partial charge in [-0.25, -0.2) is 0 Å². The fraction of sp³-hybridized carbons (Fsp3) is 0.500. The van der Waals surface area contributed by atoms with Crippen LogP contribution in [0.1, 0.15) is 19.3 Å². The summed E-state index contributed by atoms with van der Waals surface area (Å²) in [6.45, 7) is 4.20. The number of anilines is 1. The first-order valence-electron chi connectivity index (χ1n) is 6.69. The molecule has 3 N–H and O–H groups in total. The number of halogens is 1. The third-order valence-electron chi connectivity index (χ3n) is 3.19. The molecular formula is C14H23IN4. The van der Waals surface area contributed by atoms with E-state index in [0.29, 0.717) is 5.96 Å². The van der Waals surface area contributed by atoms with Crippen LogP contribution in [0.25, 0.3) is 0 Å². The Labute approximate surface area is 132 Å². The molecule has 5 heteroatoms. The molecule has 1 heterocycles.